The van der Waals surface area contributed by atoms with Gasteiger partial charge in [0.05, 0.1) is 12.3 Å². The third-order valence-corrected chi connectivity index (χ3v) is 5.14. The highest BCUT2D eigenvalue weighted by Gasteiger charge is 2.15. The molecule has 0 aliphatic rings. The summed E-state index contributed by atoms with van der Waals surface area (Å²) in [5, 5.41) is 11.9. The minimum atomic E-state index is -0.826. The number of amides is 2. The van der Waals surface area contributed by atoms with Gasteiger partial charge in [0.1, 0.15) is 11.6 Å². The molecule has 2 rings (SSSR count). The molecule has 32 heavy (non-hydrogen) atoms. The number of carbonyl (C=O) groups is 2. The van der Waals surface area contributed by atoms with Crippen LogP contribution in [0.2, 0.25) is 0 Å². The van der Waals surface area contributed by atoms with E-state index in [4.69, 9.17) is 14.8 Å². The van der Waals surface area contributed by atoms with Crippen LogP contribution >= 0.6 is 0 Å². The Morgan fingerprint density at radius 3 is 2.59 bits per heavy atom. The van der Waals surface area contributed by atoms with Crippen molar-refractivity contribution in [3.8, 4) is 17.0 Å². The minimum Gasteiger partial charge on any atom is -0.493 e. The molecule has 2 N–H and O–H groups in total. The van der Waals surface area contributed by atoms with E-state index >= 15 is 0 Å². The molecule has 0 radical (unpaired) electrons. The van der Waals surface area contributed by atoms with Gasteiger partial charge >= 0.3 is 12.0 Å². The van der Waals surface area contributed by atoms with E-state index in [1.165, 1.54) is 4.90 Å². The van der Waals surface area contributed by atoms with Gasteiger partial charge in [-0.25, -0.2) is 9.78 Å². The number of carboxylic acids is 1. The topological polar surface area (TPSA) is 91.8 Å². The Hall–Kier alpha value is -3.09. The van der Waals surface area contributed by atoms with Gasteiger partial charge in [-0.05, 0) is 49.1 Å². The first-order valence-corrected chi connectivity index (χ1v) is 11.4. The average Bonchev–Trinajstić information content (AvgIpc) is 2.80. The number of unbranched alkanes of at least 4 members (excludes halogenated alkanes) is 3. The number of carbonyl (C=O) groups excluding carboxylic acids is 1. The van der Waals surface area contributed by atoms with Gasteiger partial charge in [0, 0.05) is 25.6 Å². The Labute approximate surface area is 190 Å². The number of benzene rings is 1. The summed E-state index contributed by atoms with van der Waals surface area (Å²) >= 11 is 0. The Morgan fingerprint density at radius 2 is 1.88 bits per heavy atom. The number of pyridine rings is 1. The number of hydrogen-bond acceptors (Lipinski definition) is 4. The van der Waals surface area contributed by atoms with Gasteiger partial charge < -0.3 is 15.2 Å². The van der Waals surface area contributed by atoms with E-state index in [0.29, 0.717) is 36.8 Å². The number of anilines is 1. The van der Waals surface area contributed by atoms with Crippen LogP contribution in [-0.2, 0) is 11.2 Å². The maximum absolute atomic E-state index is 12.5. The second kappa shape index (κ2) is 13.3. The van der Waals surface area contributed by atoms with Crippen molar-refractivity contribution in [2.75, 3.05) is 25.1 Å². The number of aromatic nitrogens is 1. The summed E-state index contributed by atoms with van der Waals surface area (Å²) in [6, 6.07) is 11.1. The van der Waals surface area contributed by atoms with Crippen LogP contribution in [0.25, 0.3) is 11.3 Å². The molecule has 0 aliphatic heterocycles. The van der Waals surface area contributed by atoms with Crippen LogP contribution in [0.5, 0.6) is 5.75 Å². The molecule has 0 saturated heterocycles. The number of urea groups is 1. The molecule has 174 valence electrons. The lowest BCUT2D eigenvalue weighted by Gasteiger charge is -2.18. The van der Waals surface area contributed by atoms with E-state index < -0.39 is 5.97 Å². The van der Waals surface area contributed by atoms with Crippen molar-refractivity contribution >= 4 is 17.8 Å². The fourth-order valence-electron chi connectivity index (χ4n) is 3.18. The van der Waals surface area contributed by atoms with Crippen molar-refractivity contribution in [1.29, 1.82) is 0 Å². The summed E-state index contributed by atoms with van der Waals surface area (Å²) in [5.41, 5.74) is 2.42. The smallest absolute Gasteiger partial charge is 0.322 e. The van der Waals surface area contributed by atoms with Crippen molar-refractivity contribution in [2.45, 2.75) is 58.8 Å². The number of aryl methyl sites for hydroxylation is 1. The van der Waals surface area contributed by atoms with Gasteiger partial charge in [-0.2, -0.15) is 0 Å². The normalized spacial score (nSPS) is 10.6. The standard InChI is InChI=1S/C25H35N3O4/c1-4-6-8-16-26-25(31)28(3)23-11-9-10-21(27-23)20-14-12-19(13-15-24(29)30)18-22(20)32-17-7-5-2/h9-12,14,18H,4-8,13,15-17H2,1-3H3,(H,26,31)(H,29,30). The van der Waals surface area contributed by atoms with Crippen LogP contribution in [0.3, 0.4) is 0 Å². The third-order valence-electron chi connectivity index (χ3n) is 5.14. The van der Waals surface area contributed by atoms with Crippen molar-refractivity contribution in [3.05, 3.63) is 42.0 Å². The Morgan fingerprint density at radius 1 is 1.09 bits per heavy atom. The van der Waals surface area contributed by atoms with Crippen LogP contribution in [0.1, 0.15) is 57.9 Å². The molecule has 7 heteroatoms. The Balaban J connectivity index is 2.23. The van der Waals surface area contributed by atoms with E-state index in [0.717, 1.165) is 43.2 Å². The van der Waals surface area contributed by atoms with E-state index in [-0.39, 0.29) is 12.5 Å². The lowest BCUT2D eigenvalue weighted by molar-refractivity contribution is -0.136. The third kappa shape index (κ3) is 7.87. The summed E-state index contributed by atoms with van der Waals surface area (Å²) in [6.45, 7) is 5.44. The highest BCUT2D eigenvalue weighted by Crippen LogP contribution is 2.31. The first-order valence-electron chi connectivity index (χ1n) is 11.4. The number of hydrogen-bond donors (Lipinski definition) is 2. The van der Waals surface area contributed by atoms with Gasteiger partial charge in [0.15, 0.2) is 0 Å². The first kappa shape index (κ1) is 25.2. The van der Waals surface area contributed by atoms with E-state index in [9.17, 15) is 9.59 Å². The summed E-state index contributed by atoms with van der Waals surface area (Å²) in [4.78, 5) is 29.6. The quantitative estimate of drug-likeness (QED) is 0.413. The number of rotatable bonds is 13. The van der Waals surface area contributed by atoms with Gasteiger partial charge in [-0.15, -0.1) is 0 Å². The zero-order valence-corrected chi connectivity index (χ0v) is 19.4. The van der Waals surface area contributed by atoms with E-state index in [1.54, 1.807) is 13.1 Å². The summed E-state index contributed by atoms with van der Waals surface area (Å²) in [6.07, 6.45) is 5.59. The molecule has 0 spiro atoms. The van der Waals surface area contributed by atoms with Crippen LogP contribution in [-0.4, -0.2) is 42.3 Å². The predicted octanol–water partition coefficient (Wildman–Crippen LogP) is 5.28. The van der Waals surface area contributed by atoms with Gasteiger partial charge in [0.25, 0.3) is 0 Å². The molecule has 2 amide bonds. The van der Waals surface area contributed by atoms with Crippen molar-refractivity contribution in [2.24, 2.45) is 0 Å². The molecule has 0 fully saturated rings. The maximum Gasteiger partial charge on any atom is 0.322 e. The summed E-state index contributed by atoms with van der Waals surface area (Å²) < 4.78 is 6.02. The van der Waals surface area contributed by atoms with Crippen LogP contribution in [0.4, 0.5) is 10.6 Å². The zero-order chi connectivity index (χ0) is 23.3. The second-order valence-corrected chi connectivity index (χ2v) is 7.81. The fraction of sp³-hybridized carbons (Fsp3) is 0.480. The molecular formula is C25H35N3O4. The molecule has 0 atom stereocenters. The Bertz CT molecular complexity index is 885. The molecule has 0 unspecified atom stereocenters. The maximum atomic E-state index is 12.5. The molecule has 0 saturated carbocycles. The second-order valence-electron chi connectivity index (χ2n) is 7.81. The number of nitrogens with zero attached hydrogens (tertiary/aromatic N) is 2. The summed E-state index contributed by atoms with van der Waals surface area (Å²) in [7, 11) is 1.70. The molecule has 1 heterocycles. The van der Waals surface area contributed by atoms with Gasteiger partial charge in [-0.3, -0.25) is 9.69 Å². The van der Waals surface area contributed by atoms with E-state index in [1.807, 2.05) is 30.3 Å². The predicted molar refractivity (Wildman–Crippen MR) is 127 cm³/mol. The molecule has 0 bridgehead atoms. The Kier molecular flexibility index (Phi) is 10.5. The number of aliphatic carboxylic acids is 1. The minimum absolute atomic E-state index is 0.0691. The largest absolute Gasteiger partial charge is 0.493 e. The monoisotopic (exact) mass is 441 g/mol. The highest BCUT2D eigenvalue weighted by molar-refractivity contribution is 5.90. The number of carboxylic acid groups (broad SMARTS) is 1. The van der Waals surface area contributed by atoms with Crippen molar-refractivity contribution in [1.82, 2.24) is 10.3 Å². The zero-order valence-electron chi connectivity index (χ0n) is 19.4. The van der Waals surface area contributed by atoms with E-state index in [2.05, 4.69) is 19.2 Å². The fourth-order valence-corrected chi connectivity index (χ4v) is 3.18. The van der Waals surface area contributed by atoms with Crippen LogP contribution in [0.15, 0.2) is 36.4 Å². The van der Waals surface area contributed by atoms with Crippen molar-refractivity contribution < 1.29 is 19.4 Å². The highest BCUT2D eigenvalue weighted by atomic mass is 16.5. The van der Waals surface area contributed by atoms with Crippen LogP contribution in [0, 0.1) is 0 Å². The van der Waals surface area contributed by atoms with Crippen molar-refractivity contribution in [3.63, 3.8) is 0 Å². The molecule has 1 aromatic carbocycles. The lowest BCUT2D eigenvalue weighted by Crippen LogP contribution is -2.38. The first-order chi connectivity index (χ1) is 15.5. The number of ether oxygens (including phenoxy) is 1. The molecule has 0 aliphatic carbocycles. The average molecular weight is 442 g/mol. The lowest BCUT2D eigenvalue weighted by atomic mass is 10.0. The number of nitrogens with one attached hydrogen (secondary N) is 1. The molecule has 2 aromatic rings. The SMILES string of the molecule is CCCCCNC(=O)N(C)c1cccc(-c2ccc(CCC(=O)O)cc2OCCCC)n1. The van der Waals surface area contributed by atoms with Crippen LogP contribution < -0.4 is 15.0 Å². The van der Waals surface area contributed by atoms with Gasteiger partial charge in [0.2, 0.25) is 0 Å². The van der Waals surface area contributed by atoms with Gasteiger partial charge in [-0.1, -0.05) is 45.2 Å². The molecule has 1 aromatic heterocycles. The summed E-state index contributed by atoms with van der Waals surface area (Å²) in [5.74, 6) is 0.399. The molecule has 7 nitrogen and oxygen atoms in total. The molecular weight excluding hydrogens is 406 g/mol.